The van der Waals surface area contributed by atoms with E-state index in [1.807, 2.05) is 4.83 Å². The van der Waals surface area contributed by atoms with Gasteiger partial charge in [0.1, 0.15) is 0 Å². The van der Waals surface area contributed by atoms with Gasteiger partial charge in [0.05, 0.1) is 33.9 Å². The number of pyridine rings is 1. The predicted octanol–water partition coefficient (Wildman–Crippen LogP) is 2.83. The first-order valence-corrected chi connectivity index (χ1v) is 13.6. The molecule has 37 heavy (non-hydrogen) atoms. The van der Waals surface area contributed by atoms with Gasteiger partial charge in [-0.25, -0.2) is 17.8 Å². The quantitative estimate of drug-likeness (QED) is 0.370. The average Bonchev–Trinajstić information content (AvgIpc) is 3.32. The molecule has 196 valence electrons. The number of hydrazine groups is 1. The van der Waals surface area contributed by atoms with Crippen LogP contribution in [0.15, 0.2) is 49.2 Å². The van der Waals surface area contributed by atoms with Gasteiger partial charge in [-0.3, -0.25) is 20.0 Å². The lowest BCUT2D eigenvalue weighted by Gasteiger charge is -2.29. The van der Waals surface area contributed by atoms with Gasteiger partial charge in [-0.15, -0.1) is 4.83 Å². The number of amides is 2. The number of nitrogens with one attached hydrogen (secondary N) is 3. The molecule has 1 aliphatic carbocycles. The van der Waals surface area contributed by atoms with Crippen molar-refractivity contribution in [1.82, 2.24) is 30.1 Å². The first-order chi connectivity index (χ1) is 17.6. The van der Waals surface area contributed by atoms with Crippen LogP contribution in [0.3, 0.4) is 0 Å². The first kappa shape index (κ1) is 26.7. The van der Waals surface area contributed by atoms with Crippen molar-refractivity contribution in [2.24, 2.45) is 13.0 Å². The summed E-state index contributed by atoms with van der Waals surface area (Å²) >= 11 is 5.96. The third kappa shape index (κ3) is 6.90. The van der Waals surface area contributed by atoms with Gasteiger partial charge in [-0.05, 0) is 55.9 Å². The fourth-order valence-electron chi connectivity index (χ4n) is 4.25. The van der Waals surface area contributed by atoms with Gasteiger partial charge in [0, 0.05) is 37.2 Å². The second kappa shape index (κ2) is 11.4. The molecule has 1 aliphatic rings. The van der Waals surface area contributed by atoms with Crippen LogP contribution in [-0.2, 0) is 17.1 Å². The molecular formula is C24H26ClFN6O4S. The molecule has 0 unspecified atom stereocenters. The van der Waals surface area contributed by atoms with Gasteiger partial charge < -0.3 is 9.88 Å². The summed E-state index contributed by atoms with van der Waals surface area (Å²) in [6.45, 7) is 0. The number of rotatable bonds is 8. The van der Waals surface area contributed by atoms with Crippen molar-refractivity contribution in [3.63, 3.8) is 0 Å². The molecule has 3 aromatic rings. The maximum absolute atomic E-state index is 14.6. The van der Waals surface area contributed by atoms with E-state index < -0.39 is 27.3 Å². The predicted molar refractivity (Wildman–Crippen MR) is 135 cm³/mol. The van der Waals surface area contributed by atoms with E-state index in [-0.39, 0.29) is 28.6 Å². The number of imidazole rings is 1. The van der Waals surface area contributed by atoms with Crippen LogP contribution < -0.4 is 15.6 Å². The highest BCUT2D eigenvalue weighted by molar-refractivity contribution is 7.89. The number of carbonyl (C=O) groups excluding carboxylic acids is 2. The van der Waals surface area contributed by atoms with Crippen molar-refractivity contribution >= 4 is 33.4 Å². The number of sulfonamides is 1. The van der Waals surface area contributed by atoms with Crippen molar-refractivity contribution in [2.75, 3.05) is 5.75 Å². The Morgan fingerprint density at radius 3 is 2.59 bits per heavy atom. The highest BCUT2D eigenvalue weighted by atomic mass is 35.5. The number of aryl methyl sites for hydroxylation is 1. The zero-order valence-electron chi connectivity index (χ0n) is 19.9. The molecule has 0 aliphatic heterocycles. The Morgan fingerprint density at radius 2 is 1.95 bits per heavy atom. The lowest BCUT2D eigenvalue weighted by molar-refractivity contribution is 0.0920. The van der Waals surface area contributed by atoms with E-state index in [4.69, 9.17) is 11.6 Å². The summed E-state index contributed by atoms with van der Waals surface area (Å²) in [5.41, 5.74) is 3.01. The maximum atomic E-state index is 14.6. The number of benzene rings is 1. The van der Waals surface area contributed by atoms with Crippen molar-refractivity contribution in [1.29, 1.82) is 0 Å². The monoisotopic (exact) mass is 548 g/mol. The summed E-state index contributed by atoms with van der Waals surface area (Å²) in [5.74, 6) is -2.53. The molecule has 2 aromatic heterocycles. The van der Waals surface area contributed by atoms with Gasteiger partial charge >= 0.3 is 0 Å². The van der Waals surface area contributed by atoms with Gasteiger partial charge in [0.15, 0.2) is 5.82 Å². The Balaban J connectivity index is 1.30. The van der Waals surface area contributed by atoms with Crippen LogP contribution in [0.5, 0.6) is 0 Å². The topological polar surface area (TPSA) is 135 Å². The summed E-state index contributed by atoms with van der Waals surface area (Å²) in [7, 11) is -2.14. The van der Waals surface area contributed by atoms with E-state index in [1.54, 1.807) is 42.5 Å². The molecule has 1 saturated carbocycles. The van der Waals surface area contributed by atoms with Gasteiger partial charge in [0.25, 0.3) is 11.8 Å². The van der Waals surface area contributed by atoms with E-state index in [0.29, 0.717) is 42.5 Å². The minimum atomic E-state index is -3.90. The number of aromatic nitrogens is 3. The summed E-state index contributed by atoms with van der Waals surface area (Å²) in [6, 6.07) is 5.90. The van der Waals surface area contributed by atoms with Gasteiger partial charge in [0.2, 0.25) is 10.0 Å². The summed E-state index contributed by atoms with van der Waals surface area (Å²) in [4.78, 5) is 35.0. The summed E-state index contributed by atoms with van der Waals surface area (Å²) in [6.07, 6.45) is 8.72. The van der Waals surface area contributed by atoms with Crippen LogP contribution in [0.2, 0.25) is 5.02 Å². The zero-order chi connectivity index (χ0) is 26.6. The molecular weight excluding hydrogens is 523 g/mol. The summed E-state index contributed by atoms with van der Waals surface area (Å²) < 4.78 is 41.4. The normalized spacial score (nSPS) is 17.8. The molecule has 13 heteroatoms. The van der Waals surface area contributed by atoms with Crippen LogP contribution in [0, 0.1) is 11.7 Å². The largest absolute Gasteiger partial charge is 0.349 e. The highest BCUT2D eigenvalue weighted by Gasteiger charge is 2.27. The molecule has 0 spiro atoms. The lowest BCUT2D eigenvalue weighted by atomic mass is 9.87. The van der Waals surface area contributed by atoms with E-state index in [0.717, 1.165) is 0 Å². The highest BCUT2D eigenvalue weighted by Crippen LogP contribution is 2.28. The standard InChI is InChI=1S/C24H26ClFN6O4S/c1-32-12-21(28-14-32)17-9-19(22(26)20(25)10-17)24(34)30-31-37(35,36)13-15-4-6-18(7-5-15)29-23(33)16-3-2-8-27-11-16/h2-3,8-12,14-15,18,31H,4-7,13H2,1H3,(H,29,33)(H,30,34)/t15-,18-. The van der Waals surface area contributed by atoms with E-state index >= 15 is 0 Å². The Bertz CT molecular complexity index is 1390. The minimum absolute atomic E-state index is 0.0570. The van der Waals surface area contributed by atoms with Crippen LogP contribution in [0.4, 0.5) is 4.39 Å². The zero-order valence-corrected chi connectivity index (χ0v) is 21.5. The average molecular weight is 549 g/mol. The fraction of sp³-hybridized carbons (Fsp3) is 0.333. The maximum Gasteiger partial charge on any atom is 0.269 e. The van der Waals surface area contributed by atoms with Crippen LogP contribution in [-0.4, -0.2) is 46.6 Å². The van der Waals surface area contributed by atoms with Gasteiger partial charge in [-0.1, -0.05) is 11.6 Å². The summed E-state index contributed by atoms with van der Waals surface area (Å²) in [5, 5.41) is 2.66. The number of hydrogen-bond donors (Lipinski definition) is 3. The third-order valence-corrected chi connectivity index (χ3v) is 7.75. The van der Waals surface area contributed by atoms with E-state index in [9.17, 15) is 22.4 Å². The molecule has 2 amide bonds. The van der Waals surface area contributed by atoms with Gasteiger partial charge in [-0.2, -0.15) is 0 Å². The number of carbonyl (C=O) groups is 2. The van der Waals surface area contributed by atoms with Crippen molar-refractivity contribution in [2.45, 2.75) is 31.7 Å². The second-order valence-electron chi connectivity index (χ2n) is 9.01. The molecule has 2 heterocycles. The Hall–Kier alpha value is -3.35. The van der Waals surface area contributed by atoms with Crippen molar-refractivity contribution in [3.05, 3.63) is 71.2 Å². The SMILES string of the molecule is Cn1cnc(-c2cc(Cl)c(F)c(C(=O)NNS(=O)(=O)C[C@H]3CC[C@H](NC(=O)c4cccnc4)CC3)c2)c1. The third-order valence-electron chi connectivity index (χ3n) is 6.15. The van der Waals surface area contributed by atoms with Crippen molar-refractivity contribution in [3.8, 4) is 11.3 Å². The van der Waals surface area contributed by atoms with Crippen LogP contribution in [0.25, 0.3) is 11.3 Å². The fourth-order valence-corrected chi connectivity index (χ4v) is 5.75. The molecule has 3 N–H and O–H groups in total. The van der Waals surface area contributed by atoms with Crippen molar-refractivity contribution < 1.29 is 22.4 Å². The van der Waals surface area contributed by atoms with Crippen LogP contribution >= 0.6 is 11.6 Å². The number of hydrogen-bond acceptors (Lipinski definition) is 6. The lowest BCUT2D eigenvalue weighted by Crippen LogP contribution is -2.45. The molecule has 0 bridgehead atoms. The number of halogens is 2. The second-order valence-corrected chi connectivity index (χ2v) is 11.2. The smallest absolute Gasteiger partial charge is 0.269 e. The molecule has 1 aromatic carbocycles. The van der Waals surface area contributed by atoms with E-state index in [2.05, 4.69) is 20.7 Å². The molecule has 0 radical (unpaired) electrons. The van der Waals surface area contributed by atoms with Crippen LogP contribution in [0.1, 0.15) is 46.4 Å². The Morgan fingerprint density at radius 1 is 1.19 bits per heavy atom. The molecule has 4 rings (SSSR count). The Kier molecular flexibility index (Phi) is 8.20. The molecule has 1 fully saturated rings. The molecule has 0 atom stereocenters. The Labute approximate surface area is 218 Å². The molecule has 0 saturated heterocycles. The minimum Gasteiger partial charge on any atom is -0.349 e. The first-order valence-electron chi connectivity index (χ1n) is 11.6. The molecule has 10 nitrogen and oxygen atoms in total. The number of nitrogens with zero attached hydrogens (tertiary/aromatic N) is 3. The van der Waals surface area contributed by atoms with E-state index in [1.165, 1.54) is 18.3 Å².